The lowest BCUT2D eigenvalue weighted by Gasteiger charge is -2.08. The molecule has 0 fully saturated rings. The van der Waals surface area contributed by atoms with E-state index in [2.05, 4.69) is 5.32 Å². The molecule has 108 valence electrons. The molecule has 2 aromatic carbocycles. The maximum absolute atomic E-state index is 12.0. The Balaban J connectivity index is 1.92. The Morgan fingerprint density at radius 1 is 1.05 bits per heavy atom. The monoisotopic (exact) mass is 301 g/mol. The van der Waals surface area contributed by atoms with Crippen LogP contribution in [0.25, 0.3) is 0 Å². The molecule has 0 radical (unpaired) electrons. The van der Waals surface area contributed by atoms with Gasteiger partial charge in [0, 0.05) is 4.90 Å². The topological polar surface area (TPSA) is 55.4 Å². The molecule has 0 aliphatic heterocycles. The second-order valence-corrected chi connectivity index (χ2v) is 5.23. The summed E-state index contributed by atoms with van der Waals surface area (Å²) in [4.78, 5) is 24.8. The number of rotatable bonds is 5. The highest BCUT2D eigenvalue weighted by atomic mass is 32.2. The average molecular weight is 301 g/mol. The summed E-state index contributed by atoms with van der Waals surface area (Å²) in [7, 11) is 1.49. The number of methoxy groups -OCH3 is 1. The summed E-state index contributed by atoms with van der Waals surface area (Å²) < 4.78 is 5.10. The third-order valence-corrected chi connectivity index (χ3v) is 3.73. The first-order chi connectivity index (χ1) is 10.2. The SMILES string of the molecule is COc1ccccc1C(=O)NC(=O)CSc1ccccc1. The van der Waals surface area contributed by atoms with Crippen molar-refractivity contribution in [2.45, 2.75) is 4.90 Å². The zero-order valence-corrected chi connectivity index (χ0v) is 12.4. The van der Waals surface area contributed by atoms with Crippen molar-refractivity contribution in [3.05, 3.63) is 60.2 Å². The van der Waals surface area contributed by atoms with E-state index in [9.17, 15) is 9.59 Å². The van der Waals surface area contributed by atoms with E-state index in [1.54, 1.807) is 24.3 Å². The van der Waals surface area contributed by atoms with Crippen LogP contribution in [0.15, 0.2) is 59.5 Å². The molecular formula is C16H15NO3S. The Morgan fingerprint density at radius 3 is 2.43 bits per heavy atom. The number of hydrogen-bond acceptors (Lipinski definition) is 4. The van der Waals surface area contributed by atoms with Gasteiger partial charge in [-0.15, -0.1) is 11.8 Å². The van der Waals surface area contributed by atoms with Gasteiger partial charge in [-0.1, -0.05) is 30.3 Å². The van der Waals surface area contributed by atoms with Gasteiger partial charge in [0.15, 0.2) is 0 Å². The highest BCUT2D eigenvalue weighted by molar-refractivity contribution is 8.00. The van der Waals surface area contributed by atoms with Crippen LogP contribution < -0.4 is 10.1 Å². The van der Waals surface area contributed by atoms with Crippen molar-refractivity contribution in [1.82, 2.24) is 5.32 Å². The number of ether oxygens (including phenoxy) is 1. The fraction of sp³-hybridized carbons (Fsp3) is 0.125. The Labute approximate surface area is 127 Å². The summed E-state index contributed by atoms with van der Waals surface area (Å²) in [5.74, 6) is -0.158. The normalized spacial score (nSPS) is 9.95. The number of carbonyl (C=O) groups excluding carboxylic acids is 2. The number of nitrogens with one attached hydrogen (secondary N) is 1. The first-order valence-electron chi connectivity index (χ1n) is 6.36. The standard InChI is InChI=1S/C16H15NO3S/c1-20-14-10-6-5-9-13(14)16(19)17-15(18)11-21-12-7-3-2-4-8-12/h2-10H,11H2,1H3,(H,17,18,19). The molecule has 2 rings (SSSR count). The molecule has 0 saturated carbocycles. The van der Waals surface area contributed by atoms with Crippen LogP contribution >= 0.6 is 11.8 Å². The second-order valence-electron chi connectivity index (χ2n) is 4.18. The van der Waals surface area contributed by atoms with Gasteiger partial charge in [-0.05, 0) is 24.3 Å². The van der Waals surface area contributed by atoms with Crippen molar-refractivity contribution in [3.8, 4) is 5.75 Å². The maximum Gasteiger partial charge on any atom is 0.261 e. The first-order valence-corrected chi connectivity index (χ1v) is 7.34. The summed E-state index contributed by atoms with van der Waals surface area (Å²) in [6, 6.07) is 16.3. The molecule has 0 bridgehead atoms. The Hall–Kier alpha value is -2.27. The fourth-order valence-corrected chi connectivity index (χ4v) is 2.45. The molecule has 0 atom stereocenters. The number of imide groups is 1. The average Bonchev–Trinajstić information content (AvgIpc) is 2.53. The van der Waals surface area contributed by atoms with Crippen LogP contribution in [0.1, 0.15) is 10.4 Å². The molecule has 2 amide bonds. The number of hydrogen-bond donors (Lipinski definition) is 1. The summed E-state index contributed by atoms with van der Waals surface area (Å²) in [6.07, 6.45) is 0. The van der Waals surface area contributed by atoms with Crippen LogP contribution in [0.3, 0.4) is 0 Å². The van der Waals surface area contributed by atoms with Gasteiger partial charge < -0.3 is 4.74 Å². The van der Waals surface area contributed by atoms with Crippen molar-refractivity contribution in [2.75, 3.05) is 12.9 Å². The van der Waals surface area contributed by atoms with Gasteiger partial charge in [-0.3, -0.25) is 14.9 Å². The molecule has 21 heavy (non-hydrogen) atoms. The third-order valence-electron chi connectivity index (χ3n) is 2.72. The van der Waals surface area contributed by atoms with E-state index in [1.165, 1.54) is 18.9 Å². The highest BCUT2D eigenvalue weighted by Gasteiger charge is 2.14. The van der Waals surface area contributed by atoms with Crippen LogP contribution in [0.4, 0.5) is 0 Å². The van der Waals surface area contributed by atoms with E-state index in [4.69, 9.17) is 4.74 Å². The van der Waals surface area contributed by atoms with E-state index >= 15 is 0 Å². The molecule has 0 aliphatic carbocycles. The predicted molar refractivity (Wildman–Crippen MR) is 82.6 cm³/mol. The molecule has 0 unspecified atom stereocenters. The molecule has 1 N–H and O–H groups in total. The number of carbonyl (C=O) groups is 2. The highest BCUT2D eigenvalue weighted by Crippen LogP contribution is 2.18. The number of para-hydroxylation sites is 1. The van der Waals surface area contributed by atoms with Gasteiger partial charge in [0.2, 0.25) is 5.91 Å². The quantitative estimate of drug-likeness (QED) is 0.863. The Kier molecular flexibility index (Phi) is 5.40. The lowest BCUT2D eigenvalue weighted by atomic mass is 10.2. The zero-order chi connectivity index (χ0) is 15.1. The van der Waals surface area contributed by atoms with Gasteiger partial charge in [-0.2, -0.15) is 0 Å². The van der Waals surface area contributed by atoms with E-state index in [0.29, 0.717) is 11.3 Å². The largest absolute Gasteiger partial charge is 0.496 e. The van der Waals surface area contributed by atoms with Crippen LogP contribution in [-0.2, 0) is 4.79 Å². The van der Waals surface area contributed by atoms with Gasteiger partial charge in [-0.25, -0.2) is 0 Å². The molecule has 5 heteroatoms. The summed E-state index contributed by atoms with van der Waals surface area (Å²) in [5.41, 5.74) is 0.345. The van der Waals surface area contributed by atoms with Gasteiger partial charge in [0.25, 0.3) is 5.91 Å². The van der Waals surface area contributed by atoms with E-state index in [0.717, 1.165) is 4.90 Å². The van der Waals surface area contributed by atoms with Crippen molar-refractivity contribution in [3.63, 3.8) is 0 Å². The summed E-state index contributed by atoms with van der Waals surface area (Å²) in [5, 5.41) is 2.36. The predicted octanol–water partition coefficient (Wildman–Crippen LogP) is 2.74. The molecular weight excluding hydrogens is 286 g/mol. The van der Waals surface area contributed by atoms with Gasteiger partial charge in [0.1, 0.15) is 5.75 Å². The molecule has 0 aromatic heterocycles. The Bertz CT molecular complexity index is 628. The number of thioether (sulfide) groups is 1. The lowest BCUT2D eigenvalue weighted by molar-refractivity contribution is -0.117. The molecule has 2 aromatic rings. The van der Waals surface area contributed by atoms with Crippen molar-refractivity contribution >= 4 is 23.6 Å². The van der Waals surface area contributed by atoms with E-state index in [-0.39, 0.29) is 11.7 Å². The molecule has 0 saturated heterocycles. The van der Waals surface area contributed by atoms with Crippen molar-refractivity contribution in [1.29, 1.82) is 0 Å². The molecule has 0 spiro atoms. The zero-order valence-electron chi connectivity index (χ0n) is 11.5. The molecule has 0 heterocycles. The van der Waals surface area contributed by atoms with Crippen molar-refractivity contribution in [2.24, 2.45) is 0 Å². The lowest BCUT2D eigenvalue weighted by Crippen LogP contribution is -2.32. The van der Waals surface area contributed by atoms with Crippen LogP contribution in [0.5, 0.6) is 5.75 Å². The number of benzene rings is 2. The minimum atomic E-state index is -0.453. The molecule has 0 aliphatic rings. The summed E-state index contributed by atoms with van der Waals surface area (Å²) in [6.45, 7) is 0. The minimum absolute atomic E-state index is 0.185. The van der Waals surface area contributed by atoms with Crippen LogP contribution in [-0.4, -0.2) is 24.7 Å². The van der Waals surface area contributed by atoms with Crippen LogP contribution in [0.2, 0.25) is 0 Å². The minimum Gasteiger partial charge on any atom is -0.496 e. The maximum atomic E-state index is 12.0. The van der Waals surface area contributed by atoms with Gasteiger partial charge >= 0.3 is 0 Å². The summed E-state index contributed by atoms with van der Waals surface area (Å²) >= 11 is 1.38. The number of amides is 2. The van der Waals surface area contributed by atoms with E-state index in [1.807, 2.05) is 30.3 Å². The Morgan fingerprint density at radius 2 is 1.71 bits per heavy atom. The smallest absolute Gasteiger partial charge is 0.261 e. The van der Waals surface area contributed by atoms with E-state index < -0.39 is 5.91 Å². The van der Waals surface area contributed by atoms with Gasteiger partial charge in [0.05, 0.1) is 18.4 Å². The molecule has 4 nitrogen and oxygen atoms in total. The second kappa shape index (κ2) is 7.50. The first kappa shape index (κ1) is 15.1. The fourth-order valence-electron chi connectivity index (χ4n) is 1.73. The van der Waals surface area contributed by atoms with Crippen molar-refractivity contribution < 1.29 is 14.3 Å². The van der Waals surface area contributed by atoms with Crippen LogP contribution in [0, 0.1) is 0 Å². The third kappa shape index (κ3) is 4.36.